The van der Waals surface area contributed by atoms with E-state index in [1.165, 1.54) is 276 Å². The highest BCUT2D eigenvalue weighted by molar-refractivity contribution is 5.80. The first-order valence-corrected chi connectivity index (χ1v) is 37.6. The van der Waals surface area contributed by atoms with Crippen LogP contribution in [0, 0.1) is 0 Å². The van der Waals surface area contributed by atoms with Crippen LogP contribution in [-0.2, 0) is 23.8 Å². The Labute approximate surface area is 531 Å². The Morgan fingerprint density at radius 1 is 0.442 bits per heavy atom. The van der Waals surface area contributed by atoms with Gasteiger partial charge in [0.05, 0.1) is 25.4 Å². The third kappa shape index (κ3) is 49.9. The zero-order valence-corrected chi connectivity index (χ0v) is 56.7. The molecule has 1 amide bonds. The van der Waals surface area contributed by atoms with Crippen LogP contribution in [0.25, 0.3) is 0 Å². The number of allylic oxidation sites excluding steroid dienone is 3. The van der Waals surface area contributed by atoms with E-state index in [0.717, 1.165) is 57.8 Å². The third-order valence-electron chi connectivity index (χ3n) is 18.1. The summed E-state index contributed by atoms with van der Waals surface area (Å²) in [6, 6.07) is -1.02. The molecule has 0 saturated carbocycles. The maximum absolute atomic E-state index is 13.5. The summed E-state index contributed by atoms with van der Waals surface area (Å²) in [5.41, 5.74) is 0. The summed E-state index contributed by atoms with van der Waals surface area (Å²) in [6.45, 7) is 5.85. The summed E-state index contributed by atoms with van der Waals surface area (Å²) in [7, 11) is 0. The van der Waals surface area contributed by atoms with E-state index in [4.69, 9.17) is 14.2 Å². The number of amides is 1. The molecule has 1 aliphatic heterocycles. The fourth-order valence-corrected chi connectivity index (χ4v) is 12.2. The van der Waals surface area contributed by atoms with Crippen molar-refractivity contribution >= 4 is 11.9 Å². The number of carbonyl (C=O) groups is 2. The van der Waals surface area contributed by atoms with E-state index in [1.54, 1.807) is 6.08 Å². The highest BCUT2D eigenvalue weighted by atomic mass is 16.7. The van der Waals surface area contributed by atoms with Crippen LogP contribution < -0.4 is 5.32 Å². The van der Waals surface area contributed by atoms with Crippen LogP contribution in [0.1, 0.15) is 380 Å². The number of hydrogen-bond donors (Lipinski definition) is 6. The first-order valence-electron chi connectivity index (χ1n) is 37.6. The molecule has 0 radical (unpaired) electrons. The molecule has 0 spiro atoms. The van der Waals surface area contributed by atoms with Crippen LogP contribution in [-0.4, -0.2) is 99.6 Å². The SMILES string of the molecule is CCCCCCCC/C=C/CCCCCCCCCCCCCCCCCCCC(=O)OC1C(OCC(NC(=O)C(O)CCCCCCCCCCCCCCCCCCCC)C(O)/C=C/CCCCCCCCCCCC)OC(CO)C(O)C1O. The standard InChI is InChI=1S/C75H143NO10/c1-4-7-10-13-16-19-22-25-27-29-31-32-33-34-35-36-37-38-39-41-43-45-48-51-54-57-60-63-70(80)86-73-72(82)71(81)69(64-77)85-75(73)84-65-66(67(78)61-58-55-52-49-46-24-21-18-15-12-9-6-3)76-74(83)68(79)62-59-56-53-50-47-44-42-40-30-28-26-23-20-17-14-11-8-5-2/h25,27,58,61,66-69,71-73,75,77-79,81-82H,4-24,26,28-57,59-60,62-65H2,1-3H3,(H,76,83)/b27-25+,61-58+. The van der Waals surface area contributed by atoms with E-state index >= 15 is 0 Å². The molecule has 0 bridgehead atoms. The minimum atomic E-state index is -1.61. The number of esters is 1. The molecule has 8 atom stereocenters. The number of nitrogens with one attached hydrogen (secondary N) is 1. The number of rotatable bonds is 66. The molecule has 86 heavy (non-hydrogen) atoms. The molecule has 8 unspecified atom stereocenters. The van der Waals surface area contributed by atoms with E-state index < -0.39 is 67.4 Å². The summed E-state index contributed by atoms with van der Waals surface area (Å²) in [4.78, 5) is 26.7. The predicted molar refractivity (Wildman–Crippen MR) is 361 cm³/mol. The Balaban J connectivity index is 2.50. The van der Waals surface area contributed by atoms with Gasteiger partial charge >= 0.3 is 5.97 Å². The second-order valence-electron chi connectivity index (χ2n) is 26.4. The highest BCUT2D eigenvalue weighted by Crippen LogP contribution is 2.27. The molecule has 11 nitrogen and oxygen atoms in total. The molecule has 1 saturated heterocycles. The molecule has 0 aromatic carbocycles. The lowest BCUT2D eigenvalue weighted by Gasteiger charge is -2.41. The fraction of sp³-hybridized carbons (Fsp3) is 0.920. The zero-order valence-electron chi connectivity index (χ0n) is 56.7. The summed E-state index contributed by atoms with van der Waals surface area (Å²) in [5, 5.41) is 57.3. The molecule has 0 aliphatic carbocycles. The third-order valence-corrected chi connectivity index (χ3v) is 18.1. The molecule has 1 aliphatic rings. The second-order valence-corrected chi connectivity index (χ2v) is 26.4. The van der Waals surface area contributed by atoms with Gasteiger partial charge in [-0.2, -0.15) is 0 Å². The van der Waals surface area contributed by atoms with E-state index in [-0.39, 0.29) is 13.0 Å². The van der Waals surface area contributed by atoms with E-state index in [0.29, 0.717) is 19.3 Å². The van der Waals surface area contributed by atoms with Crippen molar-refractivity contribution in [2.24, 2.45) is 0 Å². The normalized spacial score (nSPS) is 18.3. The number of aliphatic hydroxyl groups excluding tert-OH is 5. The monoisotopic (exact) mass is 1220 g/mol. The number of carbonyl (C=O) groups excluding carboxylic acids is 2. The molecular formula is C75H143NO10. The molecule has 0 aromatic heterocycles. The maximum atomic E-state index is 13.5. The second kappa shape index (κ2) is 63.3. The Morgan fingerprint density at radius 3 is 1.13 bits per heavy atom. The van der Waals surface area contributed by atoms with Gasteiger partial charge < -0.3 is 45.1 Å². The van der Waals surface area contributed by atoms with E-state index in [2.05, 4.69) is 38.2 Å². The summed E-state index contributed by atoms with van der Waals surface area (Å²) >= 11 is 0. The lowest BCUT2D eigenvalue weighted by molar-refractivity contribution is -0.305. The Morgan fingerprint density at radius 2 is 0.767 bits per heavy atom. The van der Waals surface area contributed by atoms with Crippen LogP contribution in [0.3, 0.4) is 0 Å². The van der Waals surface area contributed by atoms with Crippen molar-refractivity contribution in [2.45, 2.75) is 429 Å². The molecule has 6 N–H and O–H groups in total. The van der Waals surface area contributed by atoms with Gasteiger partial charge in [-0.3, -0.25) is 9.59 Å². The Bertz CT molecular complexity index is 1500. The Kier molecular flexibility index (Phi) is 60.5. The van der Waals surface area contributed by atoms with Crippen molar-refractivity contribution in [1.29, 1.82) is 0 Å². The highest BCUT2D eigenvalue weighted by Gasteiger charge is 2.47. The minimum absolute atomic E-state index is 0.130. The smallest absolute Gasteiger partial charge is 0.306 e. The number of ether oxygens (including phenoxy) is 3. The van der Waals surface area contributed by atoms with Gasteiger partial charge in [-0.05, 0) is 51.4 Å². The molecule has 1 fully saturated rings. The van der Waals surface area contributed by atoms with Gasteiger partial charge in [0.1, 0.15) is 24.4 Å². The lowest BCUT2D eigenvalue weighted by atomic mass is 9.99. The number of unbranched alkanes of at least 4 members (excludes halogenated alkanes) is 50. The fourth-order valence-electron chi connectivity index (χ4n) is 12.2. The average Bonchev–Trinajstić information content (AvgIpc) is 2.65. The van der Waals surface area contributed by atoms with Crippen LogP contribution in [0.15, 0.2) is 24.3 Å². The lowest BCUT2D eigenvalue weighted by Crippen LogP contribution is -2.61. The predicted octanol–water partition coefficient (Wildman–Crippen LogP) is 19.6. The van der Waals surface area contributed by atoms with Crippen LogP contribution in [0.4, 0.5) is 0 Å². The summed E-state index contributed by atoms with van der Waals surface area (Å²) in [5.74, 6) is -1.17. The topological polar surface area (TPSA) is 175 Å². The largest absolute Gasteiger partial charge is 0.454 e. The van der Waals surface area contributed by atoms with Crippen molar-refractivity contribution in [2.75, 3.05) is 13.2 Å². The van der Waals surface area contributed by atoms with Crippen LogP contribution >= 0.6 is 0 Å². The van der Waals surface area contributed by atoms with Gasteiger partial charge in [0.25, 0.3) is 0 Å². The van der Waals surface area contributed by atoms with Gasteiger partial charge in [0.15, 0.2) is 12.4 Å². The van der Waals surface area contributed by atoms with Crippen LogP contribution in [0.2, 0.25) is 0 Å². The molecule has 0 aromatic rings. The van der Waals surface area contributed by atoms with E-state index in [1.807, 2.05) is 6.08 Å². The molecule has 508 valence electrons. The first kappa shape index (κ1) is 82.2. The van der Waals surface area contributed by atoms with Gasteiger partial charge in [-0.1, -0.05) is 347 Å². The van der Waals surface area contributed by atoms with Gasteiger partial charge in [0, 0.05) is 6.42 Å². The zero-order chi connectivity index (χ0) is 62.4. The average molecular weight is 1220 g/mol. The van der Waals surface area contributed by atoms with Crippen molar-refractivity contribution in [1.82, 2.24) is 5.32 Å². The Hall–Kier alpha value is -1.86. The van der Waals surface area contributed by atoms with Crippen LogP contribution in [0.5, 0.6) is 0 Å². The van der Waals surface area contributed by atoms with Crippen molar-refractivity contribution in [3.8, 4) is 0 Å². The quantitative estimate of drug-likeness (QED) is 0.0195. The van der Waals surface area contributed by atoms with Crippen molar-refractivity contribution in [3.05, 3.63) is 24.3 Å². The minimum Gasteiger partial charge on any atom is -0.454 e. The summed E-state index contributed by atoms with van der Waals surface area (Å²) < 4.78 is 17.7. The molecule has 1 heterocycles. The number of hydrogen-bond acceptors (Lipinski definition) is 10. The maximum Gasteiger partial charge on any atom is 0.306 e. The van der Waals surface area contributed by atoms with Gasteiger partial charge in [-0.25, -0.2) is 0 Å². The van der Waals surface area contributed by atoms with Gasteiger partial charge in [0.2, 0.25) is 5.91 Å². The van der Waals surface area contributed by atoms with Crippen molar-refractivity contribution < 1.29 is 49.3 Å². The number of aliphatic hydroxyl groups is 5. The van der Waals surface area contributed by atoms with Gasteiger partial charge in [-0.15, -0.1) is 0 Å². The molecular weight excluding hydrogens is 1070 g/mol. The van der Waals surface area contributed by atoms with E-state index in [9.17, 15) is 35.1 Å². The molecule has 1 rings (SSSR count). The van der Waals surface area contributed by atoms with Crippen molar-refractivity contribution in [3.63, 3.8) is 0 Å². The first-order chi connectivity index (χ1) is 42.2. The summed E-state index contributed by atoms with van der Waals surface area (Å²) in [6.07, 6.45) is 66.6. The molecule has 11 heteroatoms.